The number of piperidine rings is 1. The predicted molar refractivity (Wildman–Crippen MR) is 99.3 cm³/mol. The fraction of sp³-hybridized carbons (Fsp3) is 0.471. The van der Waals surface area contributed by atoms with Gasteiger partial charge in [-0.3, -0.25) is 4.68 Å². The summed E-state index contributed by atoms with van der Waals surface area (Å²) < 4.78 is 31.3. The van der Waals surface area contributed by atoms with E-state index in [4.69, 9.17) is 11.6 Å². The molecular formula is C17H19ClN6O2S. The summed E-state index contributed by atoms with van der Waals surface area (Å²) in [7, 11) is -3.50. The smallest absolute Gasteiger partial charge is 0.246 e. The maximum atomic E-state index is 13.1. The van der Waals surface area contributed by atoms with Crippen LogP contribution in [-0.4, -0.2) is 50.2 Å². The van der Waals surface area contributed by atoms with Gasteiger partial charge in [-0.25, -0.2) is 17.9 Å². The second kappa shape index (κ2) is 6.29. The van der Waals surface area contributed by atoms with Crippen LogP contribution in [0.4, 0.5) is 0 Å². The molecule has 142 valence electrons. The molecule has 0 aromatic carbocycles. The molecule has 0 N–H and O–H groups in total. The molecule has 2 aliphatic heterocycles. The van der Waals surface area contributed by atoms with Crippen LogP contribution in [0.5, 0.6) is 0 Å². The molecule has 8 nitrogen and oxygen atoms in total. The highest BCUT2D eigenvalue weighted by Crippen LogP contribution is 2.35. The largest absolute Gasteiger partial charge is 0.268 e. The van der Waals surface area contributed by atoms with Gasteiger partial charge in [-0.1, -0.05) is 11.6 Å². The number of sulfonamides is 1. The molecule has 0 spiro atoms. The second-order valence-corrected chi connectivity index (χ2v) is 9.41. The summed E-state index contributed by atoms with van der Waals surface area (Å²) in [5.74, 6) is 0.204. The van der Waals surface area contributed by atoms with Crippen LogP contribution in [0.1, 0.15) is 36.4 Å². The average Bonchev–Trinajstić information content (AvgIpc) is 3.37. The van der Waals surface area contributed by atoms with Gasteiger partial charge in [0, 0.05) is 36.9 Å². The summed E-state index contributed by atoms with van der Waals surface area (Å²) in [4.78, 5) is 4.51. The van der Waals surface area contributed by atoms with E-state index in [9.17, 15) is 8.42 Å². The lowest BCUT2D eigenvalue weighted by molar-refractivity contribution is 0.319. The van der Waals surface area contributed by atoms with Gasteiger partial charge in [0.1, 0.15) is 11.2 Å². The normalized spacial score (nSPS) is 19.0. The number of rotatable bonds is 3. The average molecular weight is 407 g/mol. The molecule has 5 heterocycles. The highest BCUT2D eigenvalue weighted by molar-refractivity contribution is 7.89. The molecule has 0 radical (unpaired) electrons. The monoisotopic (exact) mass is 406 g/mol. The van der Waals surface area contributed by atoms with Crippen LogP contribution < -0.4 is 0 Å². The molecule has 1 saturated heterocycles. The molecule has 0 saturated carbocycles. The van der Waals surface area contributed by atoms with Crippen molar-refractivity contribution >= 4 is 27.3 Å². The first-order valence-electron chi connectivity index (χ1n) is 9.07. The molecule has 1 fully saturated rings. The summed E-state index contributed by atoms with van der Waals surface area (Å²) in [5.41, 5.74) is 2.55. The predicted octanol–water partition coefficient (Wildman–Crippen LogP) is 2.09. The molecule has 27 heavy (non-hydrogen) atoms. The summed E-state index contributed by atoms with van der Waals surface area (Å²) >= 11 is 6.44. The number of fused-ring (bicyclic) bond motifs is 2. The maximum absolute atomic E-state index is 13.1. The van der Waals surface area contributed by atoms with Crippen LogP contribution in [-0.2, 0) is 23.0 Å². The van der Waals surface area contributed by atoms with Gasteiger partial charge in [0.15, 0.2) is 5.65 Å². The van der Waals surface area contributed by atoms with Crippen LogP contribution in [0, 0.1) is 0 Å². The Hall–Kier alpha value is -1.97. The lowest BCUT2D eigenvalue weighted by Gasteiger charge is -2.31. The van der Waals surface area contributed by atoms with Gasteiger partial charge in [-0.05, 0) is 37.2 Å². The van der Waals surface area contributed by atoms with E-state index in [1.165, 1.54) is 12.5 Å². The van der Waals surface area contributed by atoms with Crippen molar-refractivity contribution in [2.24, 2.45) is 0 Å². The summed E-state index contributed by atoms with van der Waals surface area (Å²) in [6.45, 7) is 1.75. The quantitative estimate of drug-likeness (QED) is 0.664. The topological polar surface area (TPSA) is 85.4 Å². The fourth-order valence-corrected chi connectivity index (χ4v) is 6.10. The van der Waals surface area contributed by atoms with Crippen molar-refractivity contribution in [3.8, 4) is 0 Å². The van der Waals surface area contributed by atoms with Crippen LogP contribution >= 0.6 is 11.6 Å². The molecule has 0 aliphatic carbocycles. The minimum Gasteiger partial charge on any atom is -0.268 e. The van der Waals surface area contributed by atoms with Crippen molar-refractivity contribution in [1.82, 2.24) is 28.7 Å². The van der Waals surface area contributed by atoms with Gasteiger partial charge in [-0.2, -0.15) is 14.5 Å². The maximum Gasteiger partial charge on any atom is 0.246 e. The number of halogens is 1. The molecule has 3 aromatic heterocycles. The Balaban J connectivity index is 1.37. The zero-order valence-electron chi connectivity index (χ0n) is 14.6. The minimum atomic E-state index is -3.50. The standard InChI is InChI=1S/C17H19ClN6O2S/c18-14-8-17-19-11-21-24(17)10-13(14)12-3-6-22(7-4-12)27(25,26)16-9-20-23-5-1-2-15(16)23/h8-12H,1-7H2. The molecule has 2 aliphatic rings. The number of pyridine rings is 1. The van der Waals surface area contributed by atoms with E-state index in [1.807, 2.05) is 16.9 Å². The highest BCUT2D eigenvalue weighted by Gasteiger charge is 2.34. The van der Waals surface area contributed by atoms with Crippen molar-refractivity contribution in [3.63, 3.8) is 0 Å². The third-order valence-corrected chi connectivity index (χ3v) is 7.87. The Kier molecular flexibility index (Phi) is 3.99. The van der Waals surface area contributed by atoms with Gasteiger partial charge >= 0.3 is 0 Å². The number of aryl methyl sites for hydroxylation is 1. The Morgan fingerprint density at radius 1 is 1.15 bits per heavy atom. The Labute approximate surface area is 161 Å². The first kappa shape index (κ1) is 17.2. The lowest BCUT2D eigenvalue weighted by Crippen LogP contribution is -2.38. The number of aromatic nitrogens is 5. The van der Waals surface area contributed by atoms with E-state index in [-0.39, 0.29) is 5.92 Å². The molecule has 3 aromatic rings. The van der Waals surface area contributed by atoms with Gasteiger partial charge in [-0.15, -0.1) is 0 Å². The van der Waals surface area contributed by atoms with Crippen molar-refractivity contribution in [1.29, 1.82) is 0 Å². The number of nitrogens with zero attached hydrogens (tertiary/aromatic N) is 6. The molecule has 0 atom stereocenters. The van der Waals surface area contributed by atoms with E-state index >= 15 is 0 Å². The number of hydrogen-bond donors (Lipinski definition) is 0. The Morgan fingerprint density at radius 2 is 1.96 bits per heavy atom. The van der Waals surface area contributed by atoms with Crippen molar-refractivity contribution in [2.75, 3.05) is 13.1 Å². The molecule has 10 heteroatoms. The zero-order chi connectivity index (χ0) is 18.6. The number of hydrogen-bond acceptors (Lipinski definition) is 5. The van der Waals surface area contributed by atoms with Gasteiger partial charge in [0.25, 0.3) is 0 Å². The molecule has 0 unspecified atom stereocenters. The fourth-order valence-electron chi connectivity index (χ4n) is 4.15. The Morgan fingerprint density at radius 3 is 2.78 bits per heavy atom. The third-order valence-electron chi connectivity index (χ3n) is 5.60. The van der Waals surface area contributed by atoms with Crippen LogP contribution in [0.3, 0.4) is 0 Å². The minimum absolute atomic E-state index is 0.204. The first-order valence-corrected chi connectivity index (χ1v) is 10.9. The van der Waals surface area contributed by atoms with Crippen LogP contribution in [0.15, 0.2) is 29.7 Å². The van der Waals surface area contributed by atoms with E-state index in [0.29, 0.717) is 28.7 Å². The van der Waals surface area contributed by atoms with E-state index in [2.05, 4.69) is 15.2 Å². The van der Waals surface area contributed by atoms with Crippen molar-refractivity contribution in [2.45, 2.75) is 43.0 Å². The molecular weight excluding hydrogens is 388 g/mol. The second-order valence-electron chi connectivity index (χ2n) is 7.10. The van der Waals surface area contributed by atoms with E-state index < -0.39 is 10.0 Å². The zero-order valence-corrected chi connectivity index (χ0v) is 16.2. The van der Waals surface area contributed by atoms with Gasteiger partial charge < -0.3 is 0 Å². The SMILES string of the molecule is O=S(=O)(c1cnn2c1CCC2)N1CCC(c2cn3ncnc3cc2Cl)CC1. The van der Waals surface area contributed by atoms with E-state index in [0.717, 1.165) is 43.5 Å². The highest BCUT2D eigenvalue weighted by atomic mass is 35.5. The Bertz CT molecular complexity index is 1110. The molecule has 5 rings (SSSR count). The molecule has 0 amide bonds. The first-order chi connectivity index (χ1) is 13.0. The third kappa shape index (κ3) is 2.76. The van der Waals surface area contributed by atoms with E-state index in [1.54, 1.807) is 8.82 Å². The van der Waals surface area contributed by atoms with Crippen molar-refractivity contribution in [3.05, 3.63) is 41.1 Å². The summed E-state index contributed by atoms with van der Waals surface area (Å²) in [6.07, 6.45) is 8.09. The summed E-state index contributed by atoms with van der Waals surface area (Å²) in [6, 6.07) is 1.81. The lowest BCUT2D eigenvalue weighted by atomic mass is 9.91. The van der Waals surface area contributed by atoms with Crippen LogP contribution in [0.2, 0.25) is 5.02 Å². The van der Waals surface area contributed by atoms with Crippen LogP contribution in [0.25, 0.3) is 5.65 Å². The van der Waals surface area contributed by atoms with Gasteiger partial charge in [0.2, 0.25) is 10.0 Å². The molecule has 0 bridgehead atoms. The van der Waals surface area contributed by atoms with Crippen molar-refractivity contribution < 1.29 is 8.42 Å². The summed E-state index contributed by atoms with van der Waals surface area (Å²) in [5, 5.41) is 9.06. The van der Waals surface area contributed by atoms with Gasteiger partial charge in [0.05, 0.1) is 11.9 Å².